The fraction of sp³-hybridized carbons (Fsp3) is 0.357. The SMILES string of the molecule is CCNc1nc(NC(C)c2ccc(C)o2)c2cn[nH]c2n1. The third kappa shape index (κ3) is 2.67. The summed E-state index contributed by atoms with van der Waals surface area (Å²) in [6.45, 7) is 6.71. The van der Waals surface area contributed by atoms with Gasteiger partial charge >= 0.3 is 0 Å². The van der Waals surface area contributed by atoms with Crippen LogP contribution < -0.4 is 10.6 Å². The number of anilines is 2. The van der Waals surface area contributed by atoms with E-state index in [0.29, 0.717) is 11.6 Å². The van der Waals surface area contributed by atoms with E-state index in [4.69, 9.17) is 4.42 Å². The van der Waals surface area contributed by atoms with E-state index >= 15 is 0 Å². The molecular weight excluding hydrogens is 268 g/mol. The molecule has 0 aromatic carbocycles. The zero-order valence-electron chi connectivity index (χ0n) is 12.3. The van der Waals surface area contributed by atoms with Crippen molar-refractivity contribution in [2.75, 3.05) is 17.2 Å². The van der Waals surface area contributed by atoms with E-state index in [1.165, 1.54) is 0 Å². The summed E-state index contributed by atoms with van der Waals surface area (Å²) >= 11 is 0. The predicted octanol–water partition coefficient (Wildman–Crippen LogP) is 2.86. The topological polar surface area (TPSA) is 91.7 Å². The number of fused-ring (bicyclic) bond motifs is 1. The van der Waals surface area contributed by atoms with Crippen LogP contribution in [-0.4, -0.2) is 26.7 Å². The number of hydrogen-bond donors (Lipinski definition) is 3. The van der Waals surface area contributed by atoms with Crippen LogP contribution in [0.3, 0.4) is 0 Å². The lowest BCUT2D eigenvalue weighted by Crippen LogP contribution is -2.10. The van der Waals surface area contributed by atoms with E-state index in [2.05, 4.69) is 30.8 Å². The fourth-order valence-corrected chi connectivity index (χ4v) is 2.14. The van der Waals surface area contributed by atoms with E-state index in [9.17, 15) is 0 Å². The van der Waals surface area contributed by atoms with Gasteiger partial charge in [0.1, 0.15) is 17.3 Å². The Morgan fingerprint density at radius 3 is 2.90 bits per heavy atom. The highest BCUT2D eigenvalue weighted by Crippen LogP contribution is 2.25. The molecule has 0 aliphatic rings. The van der Waals surface area contributed by atoms with Gasteiger partial charge < -0.3 is 15.1 Å². The molecular formula is C14H18N6O. The van der Waals surface area contributed by atoms with Crippen molar-refractivity contribution in [1.82, 2.24) is 20.2 Å². The largest absolute Gasteiger partial charge is 0.464 e. The number of rotatable bonds is 5. The second kappa shape index (κ2) is 5.43. The quantitative estimate of drug-likeness (QED) is 0.668. The molecule has 1 unspecified atom stereocenters. The highest BCUT2D eigenvalue weighted by molar-refractivity contribution is 5.87. The van der Waals surface area contributed by atoms with Gasteiger partial charge in [-0.2, -0.15) is 15.1 Å². The fourth-order valence-electron chi connectivity index (χ4n) is 2.14. The molecule has 0 aliphatic heterocycles. The minimum absolute atomic E-state index is 0.00109. The Labute approximate surface area is 122 Å². The molecule has 0 saturated carbocycles. The average Bonchev–Trinajstić information content (AvgIpc) is 3.07. The monoisotopic (exact) mass is 286 g/mol. The van der Waals surface area contributed by atoms with Crippen LogP contribution in [0.15, 0.2) is 22.7 Å². The molecule has 0 radical (unpaired) electrons. The Hall–Kier alpha value is -2.57. The van der Waals surface area contributed by atoms with Gasteiger partial charge in [-0.25, -0.2) is 0 Å². The third-order valence-electron chi connectivity index (χ3n) is 3.19. The van der Waals surface area contributed by atoms with Crippen molar-refractivity contribution in [2.24, 2.45) is 0 Å². The number of aromatic nitrogens is 4. The molecule has 3 rings (SSSR count). The minimum Gasteiger partial charge on any atom is -0.464 e. The average molecular weight is 286 g/mol. The molecule has 3 heterocycles. The summed E-state index contributed by atoms with van der Waals surface area (Å²) in [5, 5.41) is 14.2. The molecule has 7 heteroatoms. The number of hydrogen-bond acceptors (Lipinski definition) is 6. The lowest BCUT2D eigenvalue weighted by Gasteiger charge is -2.13. The summed E-state index contributed by atoms with van der Waals surface area (Å²) in [7, 11) is 0. The third-order valence-corrected chi connectivity index (χ3v) is 3.19. The number of nitrogens with one attached hydrogen (secondary N) is 3. The normalized spacial score (nSPS) is 12.5. The van der Waals surface area contributed by atoms with E-state index in [1.807, 2.05) is 32.9 Å². The van der Waals surface area contributed by atoms with Crippen molar-refractivity contribution in [1.29, 1.82) is 0 Å². The van der Waals surface area contributed by atoms with Crippen LogP contribution >= 0.6 is 0 Å². The summed E-state index contributed by atoms with van der Waals surface area (Å²) in [5.41, 5.74) is 0.700. The maximum atomic E-state index is 5.64. The van der Waals surface area contributed by atoms with Gasteiger partial charge in [-0.1, -0.05) is 0 Å². The van der Waals surface area contributed by atoms with Crippen molar-refractivity contribution < 1.29 is 4.42 Å². The number of aryl methyl sites for hydroxylation is 1. The van der Waals surface area contributed by atoms with Crippen LogP contribution in [0.2, 0.25) is 0 Å². The van der Waals surface area contributed by atoms with E-state index < -0.39 is 0 Å². The Balaban J connectivity index is 1.93. The molecule has 3 aromatic heterocycles. The van der Waals surface area contributed by atoms with E-state index in [0.717, 1.165) is 29.3 Å². The first kappa shape index (κ1) is 13.4. The Kier molecular flexibility index (Phi) is 3.47. The smallest absolute Gasteiger partial charge is 0.226 e. The van der Waals surface area contributed by atoms with Gasteiger partial charge in [0.25, 0.3) is 0 Å². The molecule has 0 saturated heterocycles. The predicted molar refractivity (Wildman–Crippen MR) is 81.3 cm³/mol. The summed E-state index contributed by atoms with van der Waals surface area (Å²) in [6, 6.07) is 3.91. The van der Waals surface area contributed by atoms with Gasteiger partial charge in [-0.3, -0.25) is 5.10 Å². The molecule has 3 aromatic rings. The van der Waals surface area contributed by atoms with Crippen molar-refractivity contribution in [3.05, 3.63) is 29.9 Å². The Bertz CT molecular complexity index is 747. The van der Waals surface area contributed by atoms with Gasteiger partial charge in [0.15, 0.2) is 5.65 Å². The molecule has 21 heavy (non-hydrogen) atoms. The molecule has 0 spiro atoms. The van der Waals surface area contributed by atoms with Crippen molar-refractivity contribution in [2.45, 2.75) is 26.8 Å². The molecule has 0 fully saturated rings. The second-order valence-corrected chi connectivity index (χ2v) is 4.87. The lowest BCUT2D eigenvalue weighted by molar-refractivity contribution is 0.466. The minimum atomic E-state index is 0.00109. The van der Waals surface area contributed by atoms with Gasteiger partial charge in [0, 0.05) is 6.54 Å². The second-order valence-electron chi connectivity index (χ2n) is 4.87. The van der Waals surface area contributed by atoms with Gasteiger partial charge in [0.05, 0.1) is 17.6 Å². The van der Waals surface area contributed by atoms with E-state index in [-0.39, 0.29) is 6.04 Å². The summed E-state index contributed by atoms with van der Waals surface area (Å²) < 4.78 is 5.64. The highest BCUT2D eigenvalue weighted by Gasteiger charge is 2.14. The number of H-pyrrole nitrogens is 1. The lowest BCUT2D eigenvalue weighted by atomic mass is 10.2. The molecule has 3 N–H and O–H groups in total. The van der Waals surface area contributed by atoms with Crippen LogP contribution in [0.5, 0.6) is 0 Å². The highest BCUT2D eigenvalue weighted by atomic mass is 16.3. The van der Waals surface area contributed by atoms with Gasteiger partial charge in [0.2, 0.25) is 5.95 Å². The van der Waals surface area contributed by atoms with Gasteiger partial charge in [-0.05, 0) is 32.9 Å². The zero-order chi connectivity index (χ0) is 14.8. The van der Waals surface area contributed by atoms with E-state index in [1.54, 1.807) is 6.20 Å². The first-order valence-electron chi connectivity index (χ1n) is 6.95. The summed E-state index contributed by atoms with van der Waals surface area (Å²) in [4.78, 5) is 8.87. The number of nitrogens with zero attached hydrogens (tertiary/aromatic N) is 3. The maximum Gasteiger partial charge on any atom is 0.226 e. The molecule has 0 aliphatic carbocycles. The van der Waals surface area contributed by atoms with Gasteiger partial charge in [-0.15, -0.1) is 0 Å². The zero-order valence-corrected chi connectivity index (χ0v) is 12.3. The first-order valence-corrected chi connectivity index (χ1v) is 6.95. The molecule has 0 amide bonds. The molecule has 0 bridgehead atoms. The van der Waals surface area contributed by atoms with Crippen molar-refractivity contribution >= 4 is 22.8 Å². The number of furan rings is 1. The standard InChI is InChI=1S/C14H18N6O/c1-4-15-14-18-12(10-7-16-20-13(10)19-14)17-9(3)11-6-5-8(2)21-11/h5-7,9H,4H2,1-3H3,(H3,15,16,17,18,19,20). The molecule has 7 nitrogen and oxygen atoms in total. The van der Waals surface area contributed by atoms with Crippen LogP contribution in [0.1, 0.15) is 31.4 Å². The van der Waals surface area contributed by atoms with Crippen LogP contribution in [0.25, 0.3) is 11.0 Å². The molecule has 1 atom stereocenters. The summed E-state index contributed by atoms with van der Waals surface area (Å²) in [6.07, 6.45) is 1.72. The number of aromatic amines is 1. The van der Waals surface area contributed by atoms with Crippen molar-refractivity contribution in [3.8, 4) is 0 Å². The van der Waals surface area contributed by atoms with Crippen LogP contribution in [0, 0.1) is 6.92 Å². The Morgan fingerprint density at radius 1 is 1.33 bits per heavy atom. The van der Waals surface area contributed by atoms with Crippen molar-refractivity contribution in [3.63, 3.8) is 0 Å². The maximum absolute atomic E-state index is 5.64. The van der Waals surface area contributed by atoms with Crippen LogP contribution in [-0.2, 0) is 0 Å². The first-order chi connectivity index (χ1) is 10.2. The molecule has 110 valence electrons. The van der Waals surface area contributed by atoms with Crippen LogP contribution in [0.4, 0.5) is 11.8 Å². The Morgan fingerprint density at radius 2 is 2.19 bits per heavy atom. The summed E-state index contributed by atoms with van der Waals surface area (Å²) in [5.74, 6) is 3.06.